The molecule has 0 radical (unpaired) electrons. The molecule has 158 valence electrons. The molecular weight excluding hydrogens is 392 g/mol. The largest absolute Gasteiger partial charge is 0.493 e. The minimum absolute atomic E-state index is 0.277. The van der Waals surface area contributed by atoms with E-state index in [4.69, 9.17) is 14.5 Å². The number of benzene rings is 1. The third kappa shape index (κ3) is 4.44. The summed E-state index contributed by atoms with van der Waals surface area (Å²) in [6.45, 7) is 10.7. The van der Waals surface area contributed by atoms with Gasteiger partial charge in [0.2, 0.25) is 0 Å². The fourth-order valence-electron chi connectivity index (χ4n) is 4.10. The Labute approximate surface area is 183 Å². The summed E-state index contributed by atoms with van der Waals surface area (Å²) in [4.78, 5) is 6.04. The first-order valence-electron chi connectivity index (χ1n) is 10.3. The van der Waals surface area contributed by atoms with E-state index in [1.807, 2.05) is 24.4 Å². The van der Waals surface area contributed by atoms with Crippen LogP contribution in [0.25, 0.3) is 0 Å². The highest BCUT2D eigenvalue weighted by molar-refractivity contribution is 7.16. The number of nitriles is 1. The number of fused-ring (bicyclic) bond motifs is 1. The van der Waals surface area contributed by atoms with Crippen molar-refractivity contribution >= 4 is 22.6 Å². The van der Waals surface area contributed by atoms with E-state index in [1.54, 1.807) is 25.6 Å². The highest BCUT2D eigenvalue weighted by Crippen LogP contribution is 2.45. The summed E-state index contributed by atoms with van der Waals surface area (Å²) in [5, 5.41) is 10.6. The molecule has 0 saturated heterocycles. The van der Waals surface area contributed by atoms with Gasteiger partial charge in [-0.2, -0.15) is 5.26 Å². The summed E-state index contributed by atoms with van der Waals surface area (Å²) >= 11 is 1.67. The maximum Gasteiger partial charge on any atom is 0.164 e. The molecule has 4 nitrogen and oxygen atoms in total. The van der Waals surface area contributed by atoms with Gasteiger partial charge >= 0.3 is 0 Å². The number of rotatable bonds is 6. The van der Waals surface area contributed by atoms with Crippen molar-refractivity contribution in [1.82, 2.24) is 0 Å². The fraction of sp³-hybridized carbons (Fsp3) is 0.440. The molecule has 0 unspecified atom stereocenters. The molecule has 3 rings (SSSR count). The molecule has 2 aromatic rings. The monoisotopic (exact) mass is 422 g/mol. The average molecular weight is 423 g/mol. The average Bonchev–Trinajstić information content (AvgIpc) is 3.08. The lowest BCUT2D eigenvalue weighted by molar-refractivity contribution is 0.218. The van der Waals surface area contributed by atoms with Crippen LogP contribution >= 0.6 is 11.3 Å². The molecule has 30 heavy (non-hydrogen) atoms. The first kappa shape index (κ1) is 22.1. The molecule has 0 fully saturated rings. The first-order valence-corrected chi connectivity index (χ1v) is 11.1. The predicted molar refractivity (Wildman–Crippen MR) is 125 cm³/mol. The third-order valence-corrected chi connectivity index (χ3v) is 7.02. The number of nitrogens with zero attached hydrogens (tertiary/aromatic N) is 2. The van der Waals surface area contributed by atoms with Crippen LogP contribution in [0.3, 0.4) is 0 Å². The van der Waals surface area contributed by atoms with Crippen LogP contribution in [0.5, 0.6) is 11.5 Å². The van der Waals surface area contributed by atoms with Crippen molar-refractivity contribution in [1.29, 1.82) is 5.26 Å². The number of allylic oxidation sites excluding steroid dienone is 1. The molecule has 0 amide bonds. The number of hydrogen-bond acceptors (Lipinski definition) is 5. The van der Waals surface area contributed by atoms with E-state index in [0.717, 1.165) is 41.0 Å². The number of aliphatic imine (C=N–C) groups is 1. The normalized spacial score (nSPS) is 16.2. The molecule has 1 aliphatic rings. The molecule has 5 heteroatoms. The van der Waals surface area contributed by atoms with Crippen LogP contribution in [-0.4, -0.2) is 20.4 Å². The minimum Gasteiger partial charge on any atom is -0.493 e. The van der Waals surface area contributed by atoms with Gasteiger partial charge in [-0.3, -0.25) is 0 Å². The predicted octanol–water partition coefficient (Wildman–Crippen LogP) is 6.27. The zero-order valence-electron chi connectivity index (χ0n) is 18.5. The van der Waals surface area contributed by atoms with Gasteiger partial charge in [0.1, 0.15) is 11.1 Å². The first-order chi connectivity index (χ1) is 14.3. The van der Waals surface area contributed by atoms with Gasteiger partial charge in [0.05, 0.1) is 19.8 Å². The summed E-state index contributed by atoms with van der Waals surface area (Å²) in [7, 11) is 3.27. The quantitative estimate of drug-likeness (QED) is 0.407. The Bertz CT molecular complexity index is 1010. The summed E-state index contributed by atoms with van der Waals surface area (Å²) in [5.74, 6) is 2.02. The van der Waals surface area contributed by atoms with E-state index in [2.05, 4.69) is 33.4 Å². The van der Waals surface area contributed by atoms with Gasteiger partial charge in [-0.1, -0.05) is 26.8 Å². The number of methoxy groups -OCH3 is 2. The lowest BCUT2D eigenvalue weighted by atomic mass is 9.72. The molecule has 1 aromatic carbocycles. The second kappa shape index (κ2) is 9.06. The van der Waals surface area contributed by atoms with Crippen LogP contribution in [-0.2, 0) is 19.3 Å². The Kier molecular flexibility index (Phi) is 6.67. The molecule has 1 atom stereocenters. The van der Waals surface area contributed by atoms with Gasteiger partial charge in [-0.25, -0.2) is 4.99 Å². The second-order valence-electron chi connectivity index (χ2n) is 8.77. The SMILES string of the molecule is C=CCc1cc(C=Nc2sc3c(c2C#N)CC[C@@H](C(C)(C)C)C3)cc(OC)c1OC. The number of thiophene rings is 1. The molecule has 1 aromatic heterocycles. The Morgan fingerprint density at radius 3 is 2.67 bits per heavy atom. The number of hydrogen-bond donors (Lipinski definition) is 0. The molecule has 0 N–H and O–H groups in total. The van der Waals surface area contributed by atoms with Crippen LogP contribution in [0.4, 0.5) is 5.00 Å². The maximum absolute atomic E-state index is 9.79. The lowest BCUT2D eigenvalue weighted by Crippen LogP contribution is -2.26. The standard InChI is InChI=1S/C25H30N2O2S/c1-7-8-17-11-16(12-21(28-5)23(17)29-6)15-27-24-20(14-26)19-10-9-18(25(2,3)4)13-22(19)30-24/h7,11-12,15,18H,1,8-10,13H2,2-6H3/t18-/m1/s1. The van der Waals surface area contributed by atoms with Crippen molar-refractivity contribution in [3.8, 4) is 17.6 Å². The van der Waals surface area contributed by atoms with E-state index in [-0.39, 0.29) is 5.41 Å². The molecular formula is C25H30N2O2S. The van der Waals surface area contributed by atoms with Crippen LogP contribution in [0, 0.1) is 22.7 Å². The van der Waals surface area contributed by atoms with Crippen molar-refractivity contribution in [2.45, 2.75) is 46.5 Å². The maximum atomic E-state index is 9.79. The summed E-state index contributed by atoms with van der Waals surface area (Å²) in [6.07, 6.45) is 7.45. The van der Waals surface area contributed by atoms with E-state index in [9.17, 15) is 5.26 Å². The highest BCUT2D eigenvalue weighted by atomic mass is 32.1. The molecule has 1 heterocycles. The van der Waals surface area contributed by atoms with Crippen LogP contribution in [0.1, 0.15) is 54.3 Å². The third-order valence-electron chi connectivity index (χ3n) is 5.86. The van der Waals surface area contributed by atoms with Crippen LogP contribution in [0.15, 0.2) is 29.8 Å². The van der Waals surface area contributed by atoms with Crippen LogP contribution in [0.2, 0.25) is 0 Å². The molecule has 0 spiro atoms. The fourth-order valence-corrected chi connectivity index (χ4v) is 5.32. The van der Waals surface area contributed by atoms with Crippen molar-refractivity contribution in [2.24, 2.45) is 16.3 Å². The highest BCUT2D eigenvalue weighted by Gasteiger charge is 2.32. The van der Waals surface area contributed by atoms with Gasteiger partial charge in [0, 0.05) is 16.7 Å². The zero-order chi connectivity index (χ0) is 21.9. The second-order valence-corrected chi connectivity index (χ2v) is 9.85. The van der Waals surface area contributed by atoms with E-state index < -0.39 is 0 Å². The van der Waals surface area contributed by atoms with E-state index in [1.165, 1.54) is 10.4 Å². The zero-order valence-corrected chi connectivity index (χ0v) is 19.4. The van der Waals surface area contributed by atoms with Gasteiger partial charge < -0.3 is 9.47 Å². The van der Waals surface area contributed by atoms with E-state index in [0.29, 0.717) is 23.8 Å². The lowest BCUT2D eigenvalue weighted by Gasteiger charge is -2.33. The van der Waals surface area contributed by atoms with Gasteiger partial charge in [0.25, 0.3) is 0 Å². The summed E-state index contributed by atoms with van der Waals surface area (Å²) < 4.78 is 11.0. The summed E-state index contributed by atoms with van der Waals surface area (Å²) in [5.41, 5.74) is 4.12. The minimum atomic E-state index is 0.277. The Balaban J connectivity index is 1.96. The van der Waals surface area contributed by atoms with Crippen molar-refractivity contribution in [2.75, 3.05) is 14.2 Å². The van der Waals surface area contributed by atoms with Crippen LogP contribution < -0.4 is 9.47 Å². The topological polar surface area (TPSA) is 54.6 Å². The van der Waals surface area contributed by atoms with Gasteiger partial charge in [-0.05, 0) is 60.3 Å². The van der Waals surface area contributed by atoms with E-state index >= 15 is 0 Å². The number of ether oxygens (including phenoxy) is 2. The smallest absolute Gasteiger partial charge is 0.164 e. The van der Waals surface area contributed by atoms with Crippen molar-refractivity contribution in [3.63, 3.8) is 0 Å². The van der Waals surface area contributed by atoms with Crippen molar-refractivity contribution in [3.05, 3.63) is 51.9 Å². The Morgan fingerprint density at radius 1 is 1.30 bits per heavy atom. The Morgan fingerprint density at radius 2 is 2.07 bits per heavy atom. The summed E-state index contributed by atoms with van der Waals surface area (Å²) in [6, 6.07) is 6.34. The molecule has 0 aliphatic heterocycles. The molecule has 1 aliphatic carbocycles. The van der Waals surface area contributed by atoms with Gasteiger partial charge in [0.15, 0.2) is 11.5 Å². The van der Waals surface area contributed by atoms with Crippen molar-refractivity contribution < 1.29 is 9.47 Å². The molecule has 0 saturated carbocycles. The van der Waals surface area contributed by atoms with Gasteiger partial charge in [-0.15, -0.1) is 17.9 Å². The molecule has 0 bridgehead atoms. The Hall–Kier alpha value is -2.58.